The van der Waals surface area contributed by atoms with E-state index in [4.69, 9.17) is 16.6 Å². The van der Waals surface area contributed by atoms with Crippen molar-refractivity contribution < 1.29 is 9.90 Å². The molecule has 1 heterocycles. The number of nitrogen functional groups attached to an aromatic ring is 1. The van der Waals surface area contributed by atoms with Gasteiger partial charge in [0.25, 0.3) is 5.91 Å². The second-order valence-corrected chi connectivity index (χ2v) is 5.01. The second kappa shape index (κ2) is 6.58. The van der Waals surface area contributed by atoms with E-state index < -0.39 is 5.91 Å². The van der Waals surface area contributed by atoms with E-state index in [-0.39, 0.29) is 6.61 Å². The summed E-state index contributed by atoms with van der Waals surface area (Å²) in [6.07, 6.45) is 0.965. The molecule has 1 aromatic rings. The topological polar surface area (TPSA) is 95.8 Å². The van der Waals surface area contributed by atoms with Crippen LogP contribution in [0.15, 0.2) is 18.2 Å². The maximum absolute atomic E-state index is 11.6. The standard InChI is InChI=1S/C14H22N4O2/c15-12-4-1-3-11(14(16)20)13(12)18-6-2-5-17(7-8-18)9-10-19/h1,3-4,19H,2,5-10,15H2,(H2,16,20). The highest BCUT2D eigenvalue weighted by atomic mass is 16.3. The van der Waals surface area contributed by atoms with Crippen molar-refractivity contribution in [3.63, 3.8) is 0 Å². The summed E-state index contributed by atoms with van der Waals surface area (Å²) in [5, 5.41) is 9.02. The molecule has 1 amide bonds. The first-order chi connectivity index (χ1) is 9.63. The third kappa shape index (κ3) is 3.20. The van der Waals surface area contributed by atoms with Crippen LogP contribution in [-0.4, -0.2) is 55.2 Å². The van der Waals surface area contributed by atoms with Crippen molar-refractivity contribution >= 4 is 17.3 Å². The fourth-order valence-electron chi connectivity index (χ4n) is 2.67. The molecule has 5 N–H and O–H groups in total. The summed E-state index contributed by atoms with van der Waals surface area (Å²) in [6.45, 7) is 4.23. The number of carbonyl (C=O) groups excluding carboxylic acids is 1. The Bertz CT molecular complexity index is 478. The van der Waals surface area contributed by atoms with Crippen molar-refractivity contribution in [3.8, 4) is 0 Å². The van der Waals surface area contributed by atoms with Gasteiger partial charge in [0.1, 0.15) is 0 Å². The van der Waals surface area contributed by atoms with Crippen molar-refractivity contribution in [1.82, 2.24) is 4.90 Å². The fraction of sp³-hybridized carbons (Fsp3) is 0.500. The van der Waals surface area contributed by atoms with Crippen molar-refractivity contribution in [2.45, 2.75) is 6.42 Å². The number of primary amides is 1. The molecule has 20 heavy (non-hydrogen) atoms. The molecule has 1 aromatic carbocycles. The highest BCUT2D eigenvalue weighted by molar-refractivity contribution is 6.01. The lowest BCUT2D eigenvalue weighted by Crippen LogP contribution is -2.33. The maximum Gasteiger partial charge on any atom is 0.250 e. The molecule has 2 rings (SSSR count). The van der Waals surface area contributed by atoms with Gasteiger partial charge in [-0.1, -0.05) is 6.07 Å². The minimum atomic E-state index is -0.455. The SMILES string of the molecule is NC(=O)c1cccc(N)c1N1CCCN(CCO)CC1. The molecule has 0 aromatic heterocycles. The van der Waals surface area contributed by atoms with Crippen LogP contribution in [0.4, 0.5) is 11.4 Å². The molecule has 1 aliphatic heterocycles. The van der Waals surface area contributed by atoms with Crippen LogP contribution < -0.4 is 16.4 Å². The van der Waals surface area contributed by atoms with E-state index in [0.717, 1.165) is 38.3 Å². The Morgan fingerprint density at radius 1 is 1.25 bits per heavy atom. The smallest absolute Gasteiger partial charge is 0.250 e. The number of benzene rings is 1. The van der Waals surface area contributed by atoms with Crippen LogP contribution in [0.5, 0.6) is 0 Å². The summed E-state index contributed by atoms with van der Waals surface area (Å²) in [5.41, 5.74) is 13.3. The van der Waals surface area contributed by atoms with Gasteiger partial charge in [-0.3, -0.25) is 9.69 Å². The molecule has 110 valence electrons. The summed E-state index contributed by atoms with van der Waals surface area (Å²) in [5.74, 6) is -0.455. The van der Waals surface area contributed by atoms with Gasteiger partial charge in [0, 0.05) is 26.2 Å². The van der Waals surface area contributed by atoms with Gasteiger partial charge >= 0.3 is 0 Å². The number of aliphatic hydroxyl groups is 1. The summed E-state index contributed by atoms with van der Waals surface area (Å²) >= 11 is 0. The van der Waals surface area contributed by atoms with Crippen LogP contribution in [0.1, 0.15) is 16.8 Å². The van der Waals surface area contributed by atoms with Crippen molar-refractivity contribution in [2.75, 3.05) is 50.0 Å². The number of aliphatic hydroxyl groups excluding tert-OH is 1. The van der Waals surface area contributed by atoms with Crippen LogP contribution in [0.3, 0.4) is 0 Å². The highest BCUT2D eigenvalue weighted by Crippen LogP contribution is 2.28. The van der Waals surface area contributed by atoms with Gasteiger partial charge in [-0.05, 0) is 25.1 Å². The van der Waals surface area contributed by atoms with Gasteiger partial charge in [0.05, 0.1) is 23.5 Å². The number of carbonyl (C=O) groups is 1. The molecule has 6 nitrogen and oxygen atoms in total. The zero-order valence-corrected chi connectivity index (χ0v) is 11.6. The zero-order chi connectivity index (χ0) is 14.5. The van der Waals surface area contributed by atoms with Gasteiger partial charge in [-0.25, -0.2) is 0 Å². The minimum absolute atomic E-state index is 0.167. The first-order valence-electron chi connectivity index (χ1n) is 6.90. The third-order valence-electron chi connectivity index (χ3n) is 3.65. The van der Waals surface area contributed by atoms with Crippen LogP contribution in [0, 0.1) is 0 Å². The normalized spacial score (nSPS) is 16.9. The first kappa shape index (κ1) is 14.6. The molecule has 0 unspecified atom stereocenters. The van der Waals surface area contributed by atoms with Crippen LogP contribution >= 0.6 is 0 Å². The number of amides is 1. The summed E-state index contributed by atoms with van der Waals surface area (Å²) < 4.78 is 0. The minimum Gasteiger partial charge on any atom is -0.397 e. The first-order valence-corrected chi connectivity index (χ1v) is 6.90. The summed E-state index contributed by atoms with van der Waals surface area (Å²) in [7, 11) is 0. The lowest BCUT2D eigenvalue weighted by atomic mass is 10.1. The predicted octanol–water partition coefficient (Wildman–Crippen LogP) is -0.128. The van der Waals surface area contributed by atoms with E-state index in [1.54, 1.807) is 18.2 Å². The van der Waals surface area contributed by atoms with Crippen molar-refractivity contribution in [1.29, 1.82) is 0 Å². The molecule has 1 fully saturated rings. The molecule has 0 spiro atoms. The Hall–Kier alpha value is -1.79. The van der Waals surface area contributed by atoms with Crippen LogP contribution in [0.2, 0.25) is 0 Å². The lowest BCUT2D eigenvalue weighted by Gasteiger charge is -2.26. The molecule has 0 aliphatic carbocycles. The van der Waals surface area contributed by atoms with E-state index in [1.807, 2.05) is 0 Å². The molecule has 0 bridgehead atoms. The van der Waals surface area contributed by atoms with E-state index in [1.165, 1.54) is 0 Å². The molecular weight excluding hydrogens is 256 g/mol. The molecule has 1 aliphatic rings. The number of hydrogen-bond donors (Lipinski definition) is 3. The monoisotopic (exact) mass is 278 g/mol. The number of anilines is 2. The largest absolute Gasteiger partial charge is 0.397 e. The summed E-state index contributed by atoms with van der Waals surface area (Å²) in [4.78, 5) is 15.9. The number of hydrogen-bond acceptors (Lipinski definition) is 5. The number of rotatable bonds is 4. The number of nitrogens with two attached hydrogens (primary N) is 2. The Morgan fingerprint density at radius 3 is 2.75 bits per heavy atom. The average Bonchev–Trinajstić information content (AvgIpc) is 2.64. The average molecular weight is 278 g/mol. The summed E-state index contributed by atoms with van der Waals surface area (Å²) in [6, 6.07) is 5.25. The van der Waals surface area contributed by atoms with Crippen LogP contribution in [0.25, 0.3) is 0 Å². The lowest BCUT2D eigenvalue weighted by molar-refractivity contribution is 0.100. The quantitative estimate of drug-likeness (QED) is 0.667. The third-order valence-corrected chi connectivity index (χ3v) is 3.65. The molecule has 0 radical (unpaired) electrons. The highest BCUT2D eigenvalue weighted by Gasteiger charge is 2.20. The molecule has 0 atom stereocenters. The van der Waals surface area contributed by atoms with E-state index in [2.05, 4.69) is 9.80 Å². The molecule has 6 heteroatoms. The maximum atomic E-state index is 11.6. The Labute approximate surface area is 119 Å². The predicted molar refractivity (Wildman–Crippen MR) is 79.7 cm³/mol. The van der Waals surface area contributed by atoms with E-state index >= 15 is 0 Å². The van der Waals surface area contributed by atoms with Gasteiger partial charge in [-0.2, -0.15) is 0 Å². The number of para-hydroxylation sites is 1. The van der Waals surface area contributed by atoms with Crippen molar-refractivity contribution in [2.24, 2.45) is 5.73 Å². The van der Waals surface area contributed by atoms with E-state index in [9.17, 15) is 4.79 Å². The van der Waals surface area contributed by atoms with Gasteiger partial charge in [0.2, 0.25) is 0 Å². The van der Waals surface area contributed by atoms with Crippen LogP contribution in [-0.2, 0) is 0 Å². The zero-order valence-electron chi connectivity index (χ0n) is 11.6. The van der Waals surface area contributed by atoms with E-state index in [0.29, 0.717) is 17.8 Å². The fourth-order valence-corrected chi connectivity index (χ4v) is 2.67. The van der Waals surface area contributed by atoms with Crippen molar-refractivity contribution in [3.05, 3.63) is 23.8 Å². The Kier molecular flexibility index (Phi) is 4.81. The molecule has 1 saturated heterocycles. The van der Waals surface area contributed by atoms with Gasteiger partial charge in [0.15, 0.2) is 0 Å². The molecular formula is C14H22N4O2. The molecule has 0 saturated carbocycles. The van der Waals surface area contributed by atoms with Gasteiger partial charge < -0.3 is 21.5 Å². The Morgan fingerprint density at radius 2 is 2.05 bits per heavy atom. The Balaban J connectivity index is 2.21. The number of nitrogens with zero attached hydrogens (tertiary/aromatic N) is 2. The number of β-amino-alcohol motifs (C(OH)–C–C–N with tert-alkyl or cyclic N) is 1. The second-order valence-electron chi connectivity index (χ2n) is 5.01. The van der Waals surface area contributed by atoms with Gasteiger partial charge in [-0.15, -0.1) is 0 Å².